The molecule has 0 N–H and O–H groups in total. The average Bonchev–Trinajstić information content (AvgIpc) is 2.63. The summed E-state index contributed by atoms with van der Waals surface area (Å²) in [5.74, 6) is 0.509. The summed E-state index contributed by atoms with van der Waals surface area (Å²) in [5, 5.41) is 0. The van der Waals surface area contributed by atoms with Gasteiger partial charge in [0.1, 0.15) is 5.75 Å². The van der Waals surface area contributed by atoms with E-state index < -0.39 is 9.93 Å². The predicted octanol–water partition coefficient (Wildman–Crippen LogP) is 4.87. The van der Waals surface area contributed by atoms with Crippen LogP contribution in [0, 0.1) is 0 Å². The quantitative estimate of drug-likeness (QED) is 0.620. The van der Waals surface area contributed by atoms with Crippen molar-refractivity contribution in [3.63, 3.8) is 0 Å². The average molecular weight is 336 g/mol. The molecule has 3 aromatic rings. The first-order valence-corrected chi connectivity index (χ1v) is 9.71. The van der Waals surface area contributed by atoms with Gasteiger partial charge in [-0.1, -0.05) is 52.7 Å². The van der Waals surface area contributed by atoms with E-state index in [-0.39, 0.29) is 0 Å². The molecule has 0 aromatic heterocycles. The van der Waals surface area contributed by atoms with Gasteiger partial charge in [-0.15, -0.1) is 0 Å². The van der Waals surface area contributed by atoms with E-state index in [0.717, 1.165) is 21.0 Å². The molecular weight excluding hydrogens is 314 g/mol. The Kier molecular flexibility index (Phi) is 4.81. The Morgan fingerprint density at radius 2 is 1.17 bits per heavy atom. The van der Waals surface area contributed by atoms with Crippen LogP contribution in [0.4, 0.5) is 5.69 Å². The number of hydrogen-bond acceptors (Lipinski definition) is 2. The van der Waals surface area contributed by atoms with E-state index in [0.29, 0.717) is 5.75 Å². The lowest BCUT2D eigenvalue weighted by atomic mass is 10.2. The molecule has 0 aliphatic rings. The SMILES string of the molecule is CN(C)c1ccc(C[S+](=O)(c2ccccc2)c2ccccc2)cc1. The van der Waals surface area contributed by atoms with Crippen LogP contribution >= 0.6 is 0 Å². The van der Waals surface area contributed by atoms with Crippen LogP contribution in [0.3, 0.4) is 0 Å². The van der Waals surface area contributed by atoms with Gasteiger partial charge in [0, 0.05) is 25.3 Å². The third-order valence-corrected chi connectivity index (χ3v) is 6.88. The van der Waals surface area contributed by atoms with E-state index in [9.17, 15) is 4.21 Å². The van der Waals surface area contributed by atoms with Crippen LogP contribution in [-0.2, 0) is 19.9 Å². The first-order valence-electron chi connectivity index (χ1n) is 7.98. The van der Waals surface area contributed by atoms with Crippen molar-refractivity contribution in [1.82, 2.24) is 0 Å². The van der Waals surface area contributed by atoms with Crippen LogP contribution < -0.4 is 4.90 Å². The summed E-state index contributed by atoms with van der Waals surface area (Å²) >= 11 is 0. The Balaban J connectivity index is 2.01. The van der Waals surface area contributed by atoms with Crippen LogP contribution in [0.25, 0.3) is 0 Å². The zero-order chi connectivity index (χ0) is 17.0. The number of anilines is 1. The minimum absolute atomic E-state index is 0.509. The van der Waals surface area contributed by atoms with E-state index in [1.165, 1.54) is 0 Å². The van der Waals surface area contributed by atoms with Crippen molar-refractivity contribution < 1.29 is 4.21 Å². The zero-order valence-electron chi connectivity index (χ0n) is 14.1. The summed E-state index contributed by atoms with van der Waals surface area (Å²) < 4.78 is 14.0. The van der Waals surface area contributed by atoms with Gasteiger partial charge in [-0.25, -0.2) is 0 Å². The first-order chi connectivity index (χ1) is 11.6. The lowest BCUT2D eigenvalue weighted by Gasteiger charge is -2.15. The molecule has 0 saturated heterocycles. The van der Waals surface area contributed by atoms with E-state index >= 15 is 0 Å². The van der Waals surface area contributed by atoms with E-state index in [1.54, 1.807) is 0 Å². The van der Waals surface area contributed by atoms with Crippen LogP contribution in [-0.4, -0.2) is 14.1 Å². The van der Waals surface area contributed by atoms with Gasteiger partial charge in [-0.3, -0.25) is 0 Å². The fraction of sp³-hybridized carbons (Fsp3) is 0.143. The molecule has 24 heavy (non-hydrogen) atoms. The largest absolute Gasteiger partial charge is 0.378 e. The van der Waals surface area contributed by atoms with Gasteiger partial charge in [0.15, 0.2) is 19.7 Å². The second-order valence-electron chi connectivity index (χ2n) is 6.01. The highest BCUT2D eigenvalue weighted by Gasteiger charge is 2.34. The lowest BCUT2D eigenvalue weighted by Crippen LogP contribution is -2.15. The molecule has 3 rings (SSSR count). The molecule has 0 aliphatic heterocycles. The first kappa shape index (κ1) is 16.5. The molecule has 0 spiro atoms. The summed E-state index contributed by atoms with van der Waals surface area (Å²) in [7, 11) is 1.69. The Morgan fingerprint density at radius 1 is 0.708 bits per heavy atom. The second kappa shape index (κ2) is 7.02. The number of benzene rings is 3. The molecule has 0 saturated carbocycles. The van der Waals surface area contributed by atoms with Gasteiger partial charge in [0.25, 0.3) is 0 Å². The van der Waals surface area contributed by atoms with Gasteiger partial charge in [0.2, 0.25) is 0 Å². The molecular formula is C21H22NOS+. The maximum Gasteiger partial charge on any atom is 0.163 e. The Hall–Kier alpha value is -2.39. The van der Waals surface area contributed by atoms with Gasteiger partial charge in [0.05, 0.1) is 0 Å². The molecule has 2 nitrogen and oxygen atoms in total. The second-order valence-corrected chi connectivity index (χ2v) is 8.59. The predicted molar refractivity (Wildman–Crippen MR) is 102 cm³/mol. The third kappa shape index (κ3) is 3.41. The fourth-order valence-electron chi connectivity index (χ4n) is 2.71. The number of hydrogen-bond donors (Lipinski definition) is 0. The summed E-state index contributed by atoms with van der Waals surface area (Å²) in [6.45, 7) is 0. The monoisotopic (exact) mass is 336 g/mol. The Morgan fingerprint density at radius 3 is 1.58 bits per heavy atom. The minimum atomic E-state index is -2.35. The zero-order valence-corrected chi connectivity index (χ0v) is 14.9. The molecule has 0 amide bonds. The Bertz CT molecular complexity index is 783. The van der Waals surface area contributed by atoms with Crippen molar-refractivity contribution in [2.24, 2.45) is 0 Å². The highest BCUT2D eigenvalue weighted by Crippen LogP contribution is 2.32. The van der Waals surface area contributed by atoms with E-state index in [2.05, 4.69) is 29.2 Å². The highest BCUT2D eigenvalue weighted by molar-refractivity contribution is 8.02. The molecule has 3 aromatic carbocycles. The molecule has 0 unspecified atom stereocenters. The molecule has 0 heterocycles. The molecule has 122 valence electrons. The number of rotatable bonds is 5. The fourth-order valence-corrected chi connectivity index (χ4v) is 5.17. The molecule has 0 fully saturated rings. The van der Waals surface area contributed by atoms with Gasteiger partial charge < -0.3 is 4.90 Å². The van der Waals surface area contributed by atoms with Gasteiger partial charge in [-0.05, 0) is 36.4 Å². The summed E-state index contributed by atoms with van der Waals surface area (Å²) in [4.78, 5) is 3.83. The van der Waals surface area contributed by atoms with Gasteiger partial charge in [-0.2, -0.15) is 0 Å². The molecule has 0 radical (unpaired) electrons. The van der Waals surface area contributed by atoms with Crippen molar-refractivity contribution in [2.75, 3.05) is 19.0 Å². The van der Waals surface area contributed by atoms with Crippen molar-refractivity contribution in [1.29, 1.82) is 0 Å². The molecule has 0 atom stereocenters. The summed E-state index contributed by atoms with van der Waals surface area (Å²) in [5.41, 5.74) is 2.22. The molecule has 0 bridgehead atoms. The van der Waals surface area contributed by atoms with Crippen molar-refractivity contribution in [3.05, 3.63) is 90.5 Å². The third-order valence-electron chi connectivity index (χ3n) is 4.07. The van der Waals surface area contributed by atoms with Crippen molar-refractivity contribution in [3.8, 4) is 0 Å². The van der Waals surface area contributed by atoms with E-state index in [1.807, 2.05) is 74.8 Å². The maximum atomic E-state index is 14.0. The van der Waals surface area contributed by atoms with Crippen molar-refractivity contribution in [2.45, 2.75) is 15.5 Å². The van der Waals surface area contributed by atoms with Crippen molar-refractivity contribution >= 4 is 15.6 Å². The van der Waals surface area contributed by atoms with Gasteiger partial charge >= 0.3 is 0 Å². The molecule has 0 aliphatic carbocycles. The summed E-state index contributed by atoms with van der Waals surface area (Å²) in [6.07, 6.45) is 0. The maximum absolute atomic E-state index is 14.0. The normalized spacial score (nSPS) is 11.2. The summed E-state index contributed by atoms with van der Waals surface area (Å²) in [6, 6.07) is 27.9. The smallest absolute Gasteiger partial charge is 0.163 e. The van der Waals surface area contributed by atoms with Crippen LogP contribution in [0.1, 0.15) is 5.56 Å². The highest BCUT2D eigenvalue weighted by atomic mass is 32.2. The molecule has 3 heteroatoms. The minimum Gasteiger partial charge on any atom is -0.378 e. The standard InChI is InChI=1S/C21H22NOS/c1-22(2)19-15-13-18(14-16-19)17-24(23,20-9-5-3-6-10-20)21-11-7-4-8-12-21/h3-16H,17H2,1-2H3/q+1. The van der Waals surface area contributed by atoms with Crippen LogP contribution in [0.5, 0.6) is 0 Å². The Labute approximate surface area is 145 Å². The van der Waals surface area contributed by atoms with Crippen LogP contribution in [0.2, 0.25) is 0 Å². The van der Waals surface area contributed by atoms with E-state index in [4.69, 9.17) is 0 Å². The number of nitrogens with zero attached hydrogens (tertiary/aromatic N) is 1. The van der Waals surface area contributed by atoms with Crippen LogP contribution in [0.15, 0.2) is 94.7 Å². The lowest BCUT2D eigenvalue weighted by molar-refractivity contribution is 0.583. The topological polar surface area (TPSA) is 20.3 Å².